The van der Waals surface area contributed by atoms with Crippen molar-refractivity contribution in [3.8, 4) is 16.9 Å². The highest BCUT2D eigenvalue weighted by Crippen LogP contribution is 2.28. The molecule has 0 radical (unpaired) electrons. The number of benzene rings is 3. The van der Waals surface area contributed by atoms with Crippen LogP contribution in [0.15, 0.2) is 108 Å². The van der Waals surface area contributed by atoms with Crippen LogP contribution in [-0.2, 0) is 14.4 Å². The summed E-state index contributed by atoms with van der Waals surface area (Å²) in [5, 5.41) is 12.5. The first-order valence-corrected chi connectivity index (χ1v) is 14.2. The van der Waals surface area contributed by atoms with Crippen LogP contribution in [0.1, 0.15) is 29.8 Å². The molecule has 1 amide bonds. The zero-order valence-electron chi connectivity index (χ0n) is 24.0. The molecule has 1 fully saturated rings. The predicted molar refractivity (Wildman–Crippen MR) is 164 cm³/mol. The Morgan fingerprint density at radius 1 is 0.860 bits per heavy atom. The van der Waals surface area contributed by atoms with Gasteiger partial charge in [0.15, 0.2) is 6.61 Å². The number of oxime groups is 1. The zero-order chi connectivity index (χ0) is 30.0. The number of ether oxygens (including phenoxy) is 1. The molecule has 1 saturated heterocycles. The third kappa shape index (κ3) is 7.84. The number of aliphatic carboxylic acids is 1. The number of hydrogen-bond donors (Lipinski definition) is 1. The molecule has 0 bridgehead atoms. The molecule has 2 heterocycles. The molecule has 0 saturated carbocycles. The Kier molecular flexibility index (Phi) is 9.76. The number of aromatic nitrogens is 1. The van der Waals surface area contributed by atoms with Crippen LogP contribution in [-0.4, -0.2) is 76.9 Å². The van der Waals surface area contributed by atoms with Gasteiger partial charge in [-0.3, -0.25) is 14.7 Å². The van der Waals surface area contributed by atoms with E-state index in [9.17, 15) is 9.59 Å². The third-order valence-corrected chi connectivity index (χ3v) is 7.34. The lowest BCUT2D eigenvalue weighted by Crippen LogP contribution is -2.51. The lowest BCUT2D eigenvalue weighted by Gasteiger charge is -2.39. The smallest absolute Gasteiger partial charge is 0.344 e. The van der Waals surface area contributed by atoms with Crippen LogP contribution in [0.25, 0.3) is 11.1 Å². The van der Waals surface area contributed by atoms with Gasteiger partial charge in [0.2, 0.25) is 6.61 Å². The van der Waals surface area contributed by atoms with Crippen LogP contribution in [0.2, 0.25) is 0 Å². The van der Waals surface area contributed by atoms with E-state index < -0.39 is 12.6 Å². The Labute approximate surface area is 251 Å². The molecule has 5 rings (SSSR count). The standard InChI is InChI=1S/C34H34N4O5/c1-25(36-43-24-33(40)41)26-13-15-27(16-14-26)29-10-7-11-30(22-29)42-23-32(39)37-18-20-38(21-19-37)34(28-8-3-2-4-9-28)31-12-5-6-17-35-31/h2-17,22,34H,18-21,23-24H2,1H3,(H,40,41). The minimum atomic E-state index is -1.08. The van der Waals surface area contributed by atoms with E-state index in [4.69, 9.17) is 14.7 Å². The van der Waals surface area contributed by atoms with Crippen molar-refractivity contribution in [3.05, 3.63) is 120 Å². The van der Waals surface area contributed by atoms with E-state index in [0.29, 0.717) is 24.6 Å². The lowest BCUT2D eigenvalue weighted by molar-refractivity contribution is -0.142. The van der Waals surface area contributed by atoms with Gasteiger partial charge in [-0.2, -0.15) is 0 Å². The molecule has 1 unspecified atom stereocenters. The number of carboxylic acid groups (broad SMARTS) is 1. The Balaban J connectivity index is 1.16. The number of carboxylic acids is 1. The highest BCUT2D eigenvalue weighted by Gasteiger charge is 2.29. The van der Waals surface area contributed by atoms with Crippen molar-refractivity contribution in [2.75, 3.05) is 39.4 Å². The summed E-state index contributed by atoms with van der Waals surface area (Å²) >= 11 is 0. The highest BCUT2D eigenvalue weighted by atomic mass is 16.6. The number of carbonyl (C=O) groups is 2. The molecule has 1 N–H and O–H groups in total. The van der Waals surface area contributed by atoms with Crippen LogP contribution in [0, 0.1) is 0 Å². The maximum atomic E-state index is 13.1. The van der Waals surface area contributed by atoms with Crippen molar-refractivity contribution in [2.24, 2.45) is 5.16 Å². The third-order valence-electron chi connectivity index (χ3n) is 7.34. The first-order chi connectivity index (χ1) is 21.0. The number of pyridine rings is 1. The van der Waals surface area contributed by atoms with E-state index in [1.165, 1.54) is 5.56 Å². The van der Waals surface area contributed by atoms with E-state index in [0.717, 1.165) is 35.5 Å². The largest absolute Gasteiger partial charge is 0.484 e. The molecular weight excluding hydrogens is 544 g/mol. The second kappa shape index (κ2) is 14.2. The molecule has 220 valence electrons. The van der Waals surface area contributed by atoms with Gasteiger partial charge in [-0.15, -0.1) is 0 Å². The summed E-state index contributed by atoms with van der Waals surface area (Å²) in [7, 11) is 0. The Bertz CT molecular complexity index is 1500. The molecule has 1 aliphatic heterocycles. The van der Waals surface area contributed by atoms with Crippen molar-refractivity contribution in [2.45, 2.75) is 13.0 Å². The quantitative estimate of drug-likeness (QED) is 0.200. The molecule has 0 aliphatic carbocycles. The first kappa shape index (κ1) is 29.5. The van der Waals surface area contributed by atoms with Gasteiger partial charge in [-0.25, -0.2) is 4.79 Å². The minimum Gasteiger partial charge on any atom is -0.484 e. The van der Waals surface area contributed by atoms with Crippen molar-refractivity contribution in [1.82, 2.24) is 14.8 Å². The molecule has 1 atom stereocenters. The summed E-state index contributed by atoms with van der Waals surface area (Å²) in [5.41, 5.74) is 5.50. The molecule has 9 heteroatoms. The van der Waals surface area contributed by atoms with E-state index >= 15 is 0 Å². The highest BCUT2D eigenvalue weighted by molar-refractivity contribution is 5.98. The first-order valence-electron chi connectivity index (χ1n) is 14.2. The van der Waals surface area contributed by atoms with Gasteiger partial charge in [-0.1, -0.05) is 78.0 Å². The van der Waals surface area contributed by atoms with E-state index in [2.05, 4.69) is 33.2 Å². The normalized spacial score (nSPS) is 14.6. The number of amides is 1. The molecule has 1 aromatic heterocycles. The fourth-order valence-electron chi connectivity index (χ4n) is 5.11. The van der Waals surface area contributed by atoms with Crippen LogP contribution in [0.4, 0.5) is 0 Å². The number of hydrogen-bond acceptors (Lipinski definition) is 7. The maximum absolute atomic E-state index is 13.1. The molecule has 3 aromatic carbocycles. The van der Waals surface area contributed by atoms with Gasteiger partial charge >= 0.3 is 5.97 Å². The molecule has 0 spiro atoms. The molecule has 4 aromatic rings. The topological polar surface area (TPSA) is 105 Å². The molecule has 43 heavy (non-hydrogen) atoms. The summed E-state index contributed by atoms with van der Waals surface area (Å²) in [6.07, 6.45) is 1.82. The van der Waals surface area contributed by atoms with Gasteiger partial charge in [0.05, 0.1) is 17.4 Å². The molecule has 1 aliphatic rings. The number of piperazine rings is 1. The monoisotopic (exact) mass is 578 g/mol. The van der Waals surface area contributed by atoms with Gasteiger partial charge in [0, 0.05) is 32.4 Å². The van der Waals surface area contributed by atoms with Crippen LogP contribution in [0.5, 0.6) is 5.75 Å². The molecular formula is C34H34N4O5. The number of nitrogens with zero attached hydrogens (tertiary/aromatic N) is 4. The van der Waals surface area contributed by atoms with Crippen LogP contribution < -0.4 is 4.74 Å². The zero-order valence-corrected chi connectivity index (χ0v) is 24.0. The average Bonchev–Trinajstić information content (AvgIpc) is 3.05. The van der Waals surface area contributed by atoms with Crippen LogP contribution >= 0.6 is 0 Å². The summed E-state index contributed by atoms with van der Waals surface area (Å²) in [5.74, 6) is -0.497. The van der Waals surface area contributed by atoms with Gasteiger partial charge in [0.25, 0.3) is 5.91 Å². The van der Waals surface area contributed by atoms with E-state index in [1.54, 1.807) is 6.92 Å². The van der Waals surface area contributed by atoms with Crippen LogP contribution in [0.3, 0.4) is 0 Å². The van der Waals surface area contributed by atoms with Gasteiger partial charge < -0.3 is 19.6 Å². The Hall–Kier alpha value is -5.02. The molecule has 9 nitrogen and oxygen atoms in total. The Morgan fingerprint density at radius 2 is 1.60 bits per heavy atom. The summed E-state index contributed by atoms with van der Waals surface area (Å²) in [6.45, 7) is 3.96. The van der Waals surface area contributed by atoms with Crippen molar-refractivity contribution < 1.29 is 24.3 Å². The predicted octanol–water partition coefficient (Wildman–Crippen LogP) is 4.89. The second-order valence-electron chi connectivity index (χ2n) is 10.2. The van der Waals surface area contributed by atoms with Gasteiger partial charge in [-0.05, 0) is 53.4 Å². The maximum Gasteiger partial charge on any atom is 0.344 e. The number of rotatable bonds is 11. The van der Waals surface area contributed by atoms with Crippen molar-refractivity contribution in [1.29, 1.82) is 0 Å². The van der Waals surface area contributed by atoms with E-state index in [-0.39, 0.29) is 18.6 Å². The van der Waals surface area contributed by atoms with Gasteiger partial charge in [0.1, 0.15) is 5.75 Å². The summed E-state index contributed by atoms with van der Waals surface area (Å²) in [4.78, 5) is 37.4. The summed E-state index contributed by atoms with van der Waals surface area (Å²) in [6, 6.07) is 31.7. The average molecular weight is 579 g/mol. The Morgan fingerprint density at radius 3 is 2.30 bits per heavy atom. The second-order valence-corrected chi connectivity index (χ2v) is 10.2. The summed E-state index contributed by atoms with van der Waals surface area (Å²) < 4.78 is 5.92. The fourth-order valence-corrected chi connectivity index (χ4v) is 5.11. The van der Waals surface area contributed by atoms with E-state index in [1.807, 2.05) is 90.0 Å². The fraction of sp³-hybridized carbons (Fsp3) is 0.235. The lowest BCUT2D eigenvalue weighted by atomic mass is 10.0. The number of carbonyl (C=O) groups excluding carboxylic acids is 1. The van der Waals surface area contributed by atoms with Crippen molar-refractivity contribution >= 4 is 17.6 Å². The van der Waals surface area contributed by atoms with Crippen molar-refractivity contribution in [3.63, 3.8) is 0 Å². The minimum absolute atomic E-state index is 0.0310. The SMILES string of the molecule is CC(=NOCC(=O)O)c1ccc(-c2cccc(OCC(=O)N3CCN(C(c4ccccc4)c4ccccn4)CC3)c2)cc1.